The van der Waals surface area contributed by atoms with Crippen LogP contribution < -0.4 is 10.6 Å². The highest BCUT2D eigenvalue weighted by Crippen LogP contribution is 2.18. The highest BCUT2D eigenvalue weighted by molar-refractivity contribution is 7.11. The fraction of sp³-hybridized carbons (Fsp3) is 0.545. The molecule has 6 heteroatoms. The van der Waals surface area contributed by atoms with Crippen molar-refractivity contribution in [1.29, 1.82) is 0 Å². The molecule has 1 aliphatic heterocycles. The molecule has 1 fully saturated rings. The first kappa shape index (κ1) is 20.8. The number of hydrogen-bond acceptors (Lipinski definition) is 4. The first-order chi connectivity index (χ1) is 13.6. The third kappa shape index (κ3) is 6.60. The van der Waals surface area contributed by atoms with Gasteiger partial charge < -0.3 is 10.6 Å². The standard InChI is InChI=1S/C22H33N5S/c1-17-9-12-27(13-10-17)16-20-6-4-19(5-7-20)15-26-22(23-3)24-11-8-21-25-14-18(2)28-21/h4-7,14,17H,8-13,15-16H2,1-3H3,(H2,23,24,26). The molecule has 1 aromatic heterocycles. The van der Waals surface area contributed by atoms with Crippen LogP contribution in [-0.2, 0) is 19.5 Å². The SMILES string of the molecule is CN=C(NCCc1ncc(C)s1)NCc1ccc(CN2CCC(C)CC2)cc1. The summed E-state index contributed by atoms with van der Waals surface area (Å²) >= 11 is 1.76. The summed E-state index contributed by atoms with van der Waals surface area (Å²) in [5.41, 5.74) is 2.68. The molecule has 0 atom stereocenters. The molecule has 152 valence electrons. The third-order valence-corrected chi connectivity index (χ3v) is 6.26. The molecule has 0 saturated carbocycles. The number of thiazole rings is 1. The Balaban J connectivity index is 1.39. The van der Waals surface area contributed by atoms with Gasteiger partial charge in [-0.25, -0.2) is 4.98 Å². The zero-order chi connectivity index (χ0) is 19.8. The van der Waals surface area contributed by atoms with E-state index >= 15 is 0 Å². The minimum Gasteiger partial charge on any atom is -0.356 e. The van der Waals surface area contributed by atoms with Crippen LogP contribution in [0.2, 0.25) is 0 Å². The highest BCUT2D eigenvalue weighted by Gasteiger charge is 2.15. The Morgan fingerprint density at radius 1 is 1.18 bits per heavy atom. The number of nitrogens with one attached hydrogen (secondary N) is 2. The van der Waals surface area contributed by atoms with E-state index in [0.717, 1.165) is 37.9 Å². The van der Waals surface area contributed by atoms with Crippen molar-refractivity contribution in [2.24, 2.45) is 10.9 Å². The molecule has 0 amide bonds. The summed E-state index contributed by atoms with van der Waals surface area (Å²) in [6, 6.07) is 8.97. The molecule has 5 nitrogen and oxygen atoms in total. The lowest BCUT2D eigenvalue weighted by Crippen LogP contribution is -2.37. The van der Waals surface area contributed by atoms with E-state index in [0.29, 0.717) is 0 Å². The van der Waals surface area contributed by atoms with Gasteiger partial charge in [0.05, 0.1) is 5.01 Å². The van der Waals surface area contributed by atoms with Gasteiger partial charge in [0.2, 0.25) is 0 Å². The largest absolute Gasteiger partial charge is 0.356 e. The summed E-state index contributed by atoms with van der Waals surface area (Å²) in [4.78, 5) is 12.5. The lowest BCUT2D eigenvalue weighted by Gasteiger charge is -2.30. The normalized spacial score (nSPS) is 16.3. The van der Waals surface area contributed by atoms with Gasteiger partial charge in [-0.15, -0.1) is 11.3 Å². The van der Waals surface area contributed by atoms with Crippen LogP contribution in [0, 0.1) is 12.8 Å². The average molecular weight is 400 g/mol. The summed E-state index contributed by atoms with van der Waals surface area (Å²) in [7, 11) is 1.81. The molecule has 0 spiro atoms. The molecule has 2 aromatic rings. The monoisotopic (exact) mass is 399 g/mol. The van der Waals surface area contributed by atoms with E-state index in [2.05, 4.69) is 63.6 Å². The lowest BCUT2D eigenvalue weighted by molar-refractivity contribution is 0.185. The predicted molar refractivity (Wildman–Crippen MR) is 119 cm³/mol. The maximum atomic E-state index is 4.40. The van der Waals surface area contributed by atoms with Crippen molar-refractivity contribution in [2.45, 2.75) is 46.2 Å². The lowest BCUT2D eigenvalue weighted by atomic mass is 9.99. The second kappa shape index (κ2) is 10.6. The number of aromatic nitrogens is 1. The Labute approximate surface area is 173 Å². The van der Waals surface area contributed by atoms with Crippen LogP contribution in [0.25, 0.3) is 0 Å². The van der Waals surface area contributed by atoms with Gasteiger partial charge in [0.15, 0.2) is 5.96 Å². The van der Waals surface area contributed by atoms with Gasteiger partial charge in [-0.05, 0) is 49.9 Å². The van der Waals surface area contributed by atoms with E-state index in [-0.39, 0.29) is 0 Å². The van der Waals surface area contributed by atoms with E-state index in [9.17, 15) is 0 Å². The molecule has 0 bridgehead atoms. The molecule has 0 aliphatic carbocycles. The number of piperidine rings is 1. The number of benzene rings is 1. The second-order valence-corrected chi connectivity index (χ2v) is 9.06. The maximum absolute atomic E-state index is 4.40. The van der Waals surface area contributed by atoms with Crippen molar-refractivity contribution in [3.8, 4) is 0 Å². The average Bonchev–Trinajstić information content (AvgIpc) is 3.12. The number of hydrogen-bond donors (Lipinski definition) is 2. The van der Waals surface area contributed by atoms with E-state index in [4.69, 9.17) is 0 Å². The molecular formula is C22H33N5S. The third-order valence-electron chi connectivity index (χ3n) is 5.29. The number of aryl methyl sites for hydroxylation is 1. The summed E-state index contributed by atoms with van der Waals surface area (Å²) < 4.78 is 0. The van der Waals surface area contributed by atoms with Crippen LogP contribution in [0.4, 0.5) is 0 Å². The number of likely N-dealkylation sites (tertiary alicyclic amines) is 1. The van der Waals surface area contributed by atoms with Crippen LogP contribution in [0.1, 0.15) is 40.8 Å². The van der Waals surface area contributed by atoms with Gasteiger partial charge in [-0.1, -0.05) is 31.2 Å². The minimum atomic E-state index is 0.775. The van der Waals surface area contributed by atoms with Crippen LogP contribution in [0.15, 0.2) is 35.5 Å². The number of aliphatic imine (C=N–C) groups is 1. The molecule has 28 heavy (non-hydrogen) atoms. The number of nitrogens with zero attached hydrogens (tertiary/aromatic N) is 3. The van der Waals surface area contributed by atoms with E-state index in [1.54, 1.807) is 11.3 Å². The molecule has 1 aromatic carbocycles. The van der Waals surface area contributed by atoms with Crippen molar-refractivity contribution in [3.63, 3.8) is 0 Å². The zero-order valence-corrected chi connectivity index (χ0v) is 18.2. The molecule has 1 saturated heterocycles. The Bertz CT molecular complexity index is 745. The number of rotatable bonds is 7. The molecule has 0 radical (unpaired) electrons. The van der Waals surface area contributed by atoms with Crippen LogP contribution in [0.5, 0.6) is 0 Å². The first-order valence-corrected chi connectivity index (χ1v) is 11.1. The van der Waals surface area contributed by atoms with Crippen molar-refractivity contribution in [2.75, 3.05) is 26.7 Å². The van der Waals surface area contributed by atoms with Gasteiger partial charge in [-0.3, -0.25) is 9.89 Å². The first-order valence-electron chi connectivity index (χ1n) is 10.3. The van der Waals surface area contributed by atoms with Gasteiger partial charge in [0, 0.05) is 44.2 Å². The van der Waals surface area contributed by atoms with Crippen LogP contribution in [0.3, 0.4) is 0 Å². The summed E-state index contributed by atoms with van der Waals surface area (Å²) in [6.45, 7) is 9.59. The van der Waals surface area contributed by atoms with Crippen molar-refractivity contribution >= 4 is 17.3 Å². The smallest absolute Gasteiger partial charge is 0.191 e. The van der Waals surface area contributed by atoms with Crippen molar-refractivity contribution < 1.29 is 0 Å². The Morgan fingerprint density at radius 3 is 2.54 bits per heavy atom. The molecule has 3 rings (SSSR count). The van der Waals surface area contributed by atoms with Gasteiger partial charge in [0.25, 0.3) is 0 Å². The molecule has 2 N–H and O–H groups in total. The minimum absolute atomic E-state index is 0.775. The molecule has 0 unspecified atom stereocenters. The van der Waals surface area contributed by atoms with E-state index in [1.807, 2.05) is 13.2 Å². The summed E-state index contributed by atoms with van der Waals surface area (Å²) in [5, 5.41) is 7.93. The molecule has 2 heterocycles. The second-order valence-electron chi connectivity index (χ2n) is 7.74. The van der Waals surface area contributed by atoms with Crippen molar-refractivity contribution in [1.82, 2.24) is 20.5 Å². The molecule has 1 aliphatic rings. The van der Waals surface area contributed by atoms with Crippen molar-refractivity contribution in [3.05, 3.63) is 51.5 Å². The van der Waals surface area contributed by atoms with E-state index < -0.39 is 0 Å². The predicted octanol–water partition coefficient (Wildman–Crippen LogP) is 3.59. The summed E-state index contributed by atoms with van der Waals surface area (Å²) in [6.07, 6.45) is 5.51. The molecular weight excluding hydrogens is 366 g/mol. The van der Waals surface area contributed by atoms with Gasteiger partial charge in [0.1, 0.15) is 0 Å². The maximum Gasteiger partial charge on any atom is 0.191 e. The quantitative estimate of drug-likeness (QED) is 0.552. The fourth-order valence-corrected chi connectivity index (χ4v) is 4.24. The van der Waals surface area contributed by atoms with Gasteiger partial charge in [-0.2, -0.15) is 0 Å². The Hall–Kier alpha value is -1.92. The Morgan fingerprint density at radius 2 is 1.89 bits per heavy atom. The number of guanidine groups is 1. The van der Waals surface area contributed by atoms with Crippen LogP contribution >= 0.6 is 11.3 Å². The zero-order valence-electron chi connectivity index (χ0n) is 17.4. The topological polar surface area (TPSA) is 52.6 Å². The fourth-order valence-electron chi connectivity index (χ4n) is 3.45. The highest BCUT2D eigenvalue weighted by atomic mass is 32.1. The Kier molecular flexibility index (Phi) is 7.86. The van der Waals surface area contributed by atoms with Gasteiger partial charge >= 0.3 is 0 Å². The summed E-state index contributed by atoms with van der Waals surface area (Å²) in [5.74, 6) is 1.72. The van der Waals surface area contributed by atoms with E-state index in [1.165, 1.54) is 46.9 Å². The van der Waals surface area contributed by atoms with Crippen LogP contribution in [-0.4, -0.2) is 42.5 Å².